The zero-order chi connectivity index (χ0) is 29.8. The molecule has 6 N–H and O–H groups in total. The molecule has 0 aliphatic rings. The molecule has 0 spiro atoms. The molecule has 0 radical (unpaired) electrons. The Kier molecular flexibility index (Phi) is 12.2. The van der Waals surface area contributed by atoms with Crippen LogP contribution < -0.4 is 11.1 Å². The first kappa shape index (κ1) is 32.7. The number of benzene rings is 3. The second-order valence-electron chi connectivity index (χ2n) is 7.83. The molecule has 0 fully saturated rings. The number of phenolic OH excluding ortho intramolecular Hbond substituents is 1. The number of carboxylic acids is 2. The number of phenols is 1. The molecular weight excluding hydrogens is 538 g/mol. The smallest absolute Gasteiger partial charge is 0.490 e. The molecule has 0 aliphatic carbocycles. The molecule has 0 heterocycles. The molecule has 1 amide bonds. The number of alkyl halides is 6. The minimum absolute atomic E-state index is 0.257. The van der Waals surface area contributed by atoms with Gasteiger partial charge in [-0.05, 0) is 52.9 Å². The molecule has 1 atom stereocenters. The Balaban J connectivity index is 0.000000449. The third-order valence-electron chi connectivity index (χ3n) is 4.83. The molecule has 0 bridgehead atoms. The summed E-state index contributed by atoms with van der Waals surface area (Å²) >= 11 is 0. The molecule has 39 heavy (non-hydrogen) atoms. The van der Waals surface area contributed by atoms with Gasteiger partial charge in [0, 0.05) is 6.54 Å². The van der Waals surface area contributed by atoms with Gasteiger partial charge >= 0.3 is 24.3 Å². The predicted octanol–water partition coefficient (Wildman–Crippen LogP) is 4.39. The van der Waals surface area contributed by atoms with Gasteiger partial charge in [-0.15, -0.1) is 0 Å². The summed E-state index contributed by atoms with van der Waals surface area (Å²) in [4.78, 5) is 29.5. The van der Waals surface area contributed by atoms with E-state index in [-0.39, 0.29) is 17.7 Å². The van der Waals surface area contributed by atoms with Gasteiger partial charge in [0.25, 0.3) is 0 Å². The number of nitrogens with one attached hydrogen (secondary N) is 1. The summed E-state index contributed by atoms with van der Waals surface area (Å²) in [5.74, 6) is -5.59. The van der Waals surface area contributed by atoms with Gasteiger partial charge in [0.15, 0.2) is 0 Å². The van der Waals surface area contributed by atoms with E-state index in [1.165, 1.54) is 5.56 Å². The fourth-order valence-electron chi connectivity index (χ4n) is 2.93. The summed E-state index contributed by atoms with van der Waals surface area (Å²) in [6.45, 7) is 0.569. The molecule has 0 aromatic heterocycles. The maximum atomic E-state index is 11.7. The summed E-state index contributed by atoms with van der Waals surface area (Å²) in [7, 11) is 0. The van der Waals surface area contributed by atoms with Gasteiger partial charge in [0.1, 0.15) is 5.75 Å². The number of hydrogen-bond acceptors (Lipinski definition) is 5. The van der Waals surface area contributed by atoms with E-state index in [0.29, 0.717) is 13.0 Å². The van der Waals surface area contributed by atoms with Crippen LogP contribution in [0.3, 0.4) is 0 Å². The Morgan fingerprint density at radius 2 is 1.26 bits per heavy atom. The molecular formula is C25H24F6N2O6. The van der Waals surface area contributed by atoms with E-state index in [2.05, 4.69) is 23.5 Å². The number of amides is 1. The van der Waals surface area contributed by atoms with E-state index < -0.39 is 24.3 Å². The second-order valence-corrected chi connectivity index (χ2v) is 7.83. The number of aryl methyl sites for hydroxylation is 1. The van der Waals surface area contributed by atoms with Gasteiger partial charge < -0.3 is 26.4 Å². The van der Waals surface area contributed by atoms with Gasteiger partial charge in [-0.2, -0.15) is 26.3 Å². The fraction of sp³-hybridized carbons (Fsp3) is 0.240. The standard InChI is InChI=1S/C21H22N2O2.2C2HF3O2/c22-21(25)20(11-7-15-4-2-1-3-5-15)23-14-16-6-8-18-13-19(24)10-9-17(18)12-16;2*3-2(4,5)1(6)7/h1-6,8-10,12-13,20,23-24H,7,11,14H2,(H2,22,25);2*(H,6,7). The molecule has 1 unspecified atom stereocenters. The van der Waals surface area contributed by atoms with E-state index in [4.69, 9.17) is 25.5 Å². The van der Waals surface area contributed by atoms with E-state index in [9.17, 15) is 36.2 Å². The number of halogens is 6. The van der Waals surface area contributed by atoms with Crippen LogP contribution >= 0.6 is 0 Å². The Hall–Kier alpha value is -4.33. The lowest BCUT2D eigenvalue weighted by atomic mass is 10.0. The quantitative estimate of drug-likeness (QED) is 0.268. The third-order valence-corrected chi connectivity index (χ3v) is 4.83. The maximum Gasteiger partial charge on any atom is 0.490 e. The second kappa shape index (κ2) is 14.6. The van der Waals surface area contributed by atoms with Crippen molar-refractivity contribution in [2.24, 2.45) is 5.73 Å². The minimum Gasteiger partial charge on any atom is -0.508 e. The predicted molar refractivity (Wildman–Crippen MR) is 128 cm³/mol. The highest BCUT2D eigenvalue weighted by Crippen LogP contribution is 2.21. The Morgan fingerprint density at radius 1 is 0.769 bits per heavy atom. The van der Waals surface area contributed by atoms with Crippen molar-refractivity contribution in [3.63, 3.8) is 0 Å². The Morgan fingerprint density at radius 3 is 1.74 bits per heavy atom. The van der Waals surface area contributed by atoms with E-state index >= 15 is 0 Å². The molecule has 0 aliphatic heterocycles. The highest BCUT2D eigenvalue weighted by atomic mass is 19.4. The molecule has 14 heteroatoms. The zero-order valence-corrected chi connectivity index (χ0v) is 20.0. The zero-order valence-electron chi connectivity index (χ0n) is 20.0. The number of carbonyl (C=O) groups excluding carboxylic acids is 1. The average molecular weight is 562 g/mol. The summed E-state index contributed by atoms with van der Waals surface area (Å²) in [6, 6.07) is 21.0. The molecule has 0 saturated carbocycles. The molecule has 3 aromatic rings. The van der Waals surface area contributed by atoms with Crippen LogP contribution in [0.4, 0.5) is 26.3 Å². The first-order valence-electron chi connectivity index (χ1n) is 10.9. The van der Waals surface area contributed by atoms with Gasteiger partial charge in [-0.1, -0.05) is 48.5 Å². The van der Waals surface area contributed by atoms with Crippen LogP contribution in [0.15, 0.2) is 66.7 Å². The summed E-state index contributed by atoms with van der Waals surface area (Å²) < 4.78 is 63.5. The third kappa shape index (κ3) is 12.6. The minimum atomic E-state index is -5.08. The first-order chi connectivity index (χ1) is 18.0. The van der Waals surface area contributed by atoms with E-state index in [0.717, 1.165) is 22.8 Å². The van der Waals surface area contributed by atoms with Crippen LogP contribution in [-0.2, 0) is 27.3 Å². The van der Waals surface area contributed by atoms with Gasteiger partial charge in [0.05, 0.1) is 6.04 Å². The molecule has 212 valence electrons. The van der Waals surface area contributed by atoms with E-state index in [1.807, 2.05) is 36.4 Å². The Bertz CT molecular complexity index is 1230. The molecule has 0 saturated heterocycles. The highest BCUT2D eigenvalue weighted by Gasteiger charge is 2.38. The largest absolute Gasteiger partial charge is 0.508 e. The van der Waals surface area contributed by atoms with Crippen molar-refractivity contribution < 1.29 is 56.0 Å². The van der Waals surface area contributed by atoms with E-state index in [1.54, 1.807) is 12.1 Å². The van der Waals surface area contributed by atoms with Crippen LogP contribution in [0.5, 0.6) is 5.75 Å². The molecule has 3 aromatic carbocycles. The van der Waals surface area contributed by atoms with Crippen molar-refractivity contribution >= 4 is 28.6 Å². The number of carboxylic acid groups (broad SMARTS) is 2. The van der Waals surface area contributed by atoms with Crippen molar-refractivity contribution in [1.29, 1.82) is 0 Å². The SMILES string of the molecule is NC(=O)C(CCc1ccccc1)NCc1ccc2cc(O)ccc2c1.O=C(O)C(F)(F)F.O=C(O)C(F)(F)F. The summed E-state index contributed by atoms with van der Waals surface area (Å²) in [6.07, 6.45) is -8.70. The number of nitrogens with two attached hydrogens (primary N) is 1. The van der Waals surface area contributed by atoms with Crippen molar-refractivity contribution in [3.05, 3.63) is 77.9 Å². The van der Waals surface area contributed by atoms with Gasteiger partial charge in [-0.3, -0.25) is 4.79 Å². The number of aromatic hydroxyl groups is 1. The van der Waals surface area contributed by atoms with Crippen LogP contribution in [0.1, 0.15) is 17.5 Å². The van der Waals surface area contributed by atoms with Gasteiger partial charge in [0.2, 0.25) is 5.91 Å². The van der Waals surface area contributed by atoms with Crippen molar-refractivity contribution in [2.75, 3.05) is 0 Å². The average Bonchev–Trinajstić information content (AvgIpc) is 2.84. The first-order valence-corrected chi connectivity index (χ1v) is 10.9. The van der Waals surface area contributed by atoms with Crippen molar-refractivity contribution in [1.82, 2.24) is 5.32 Å². The number of fused-ring (bicyclic) bond motifs is 1. The van der Waals surface area contributed by atoms with Crippen LogP contribution in [0.25, 0.3) is 10.8 Å². The number of primary amides is 1. The lowest BCUT2D eigenvalue weighted by Gasteiger charge is -2.16. The van der Waals surface area contributed by atoms with Crippen LogP contribution in [-0.4, -0.2) is 51.6 Å². The summed E-state index contributed by atoms with van der Waals surface area (Å²) in [5, 5.41) is 29.1. The maximum absolute atomic E-state index is 11.7. The Labute approximate surface area is 217 Å². The van der Waals surface area contributed by atoms with Crippen molar-refractivity contribution in [2.45, 2.75) is 37.8 Å². The highest BCUT2D eigenvalue weighted by molar-refractivity contribution is 5.84. The summed E-state index contributed by atoms with van der Waals surface area (Å²) in [5.41, 5.74) is 7.81. The molecule has 3 rings (SSSR count). The van der Waals surface area contributed by atoms with Crippen LogP contribution in [0.2, 0.25) is 0 Å². The van der Waals surface area contributed by atoms with Crippen LogP contribution in [0, 0.1) is 0 Å². The number of carbonyl (C=O) groups is 3. The normalized spacial score (nSPS) is 11.8. The van der Waals surface area contributed by atoms with Gasteiger partial charge in [-0.25, -0.2) is 9.59 Å². The lowest BCUT2D eigenvalue weighted by Crippen LogP contribution is -2.41. The lowest BCUT2D eigenvalue weighted by molar-refractivity contribution is -0.193. The topological polar surface area (TPSA) is 150 Å². The number of aliphatic carboxylic acids is 2. The number of hydrogen-bond donors (Lipinski definition) is 5. The fourth-order valence-corrected chi connectivity index (χ4v) is 2.93. The number of rotatable bonds is 7. The molecule has 8 nitrogen and oxygen atoms in total. The van der Waals surface area contributed by atoms with Crippen molar-refractivity contribution in [3.8, 4) is 5.75 Å². The monoisotopic (exact) mass is 562 g/mol.